The number of nitrogens with one attached hydrogen (secondary N) is 1. The van der Waals surface area contributed by atoms with Gasteiger partial charge in [0.2, 0.25) is 0 Å². The van der Waals surface area contributed by atoms with Crippen molar-refractivity contribution in [3.05, 3.63) is 45.4 Å². The first-order valence-corrected chi connectivity index (χ1v) is 13.9. The van der Waals surface area contributed by atoms with Crippen LogP contribution in [0, 0.1) is 0 Å². The molecule has 34 heavy (non-hydrogen) atoms. The average Bonchev–Trinajstić information content (AvgIpc) is 3.41. The average molecular weight is 506 g/mol. The quantitative estimate of drug-likeness (QED) is 0.640. The van der Waals surface area contributed by atoms with Crippen LogP contribution >= 0.6 is 11.3 Å². The van der Waals surface area contributed by atoms with E-state index < -0.39 is 21.5 Å². The van der Waals surface area contributed by atoms with Crippen LogP contribution in [0.1, 0.15) is 58.4 Å². The Morgan fingerprint density at radius 1 is 1.24 bits per heavy atom. The maximum Gasteiger partial charge on any atom is 0.407 e. The summed E-state index contributed by atoms with van der Waals surface area (Å²) in [5.41, 5.74) is 1.01. The third-order valence-electron chi connectivity index (χ3n) is 6.99. The lowest BCUT2D eigenvalue weighted by atomic mass is 9.83. The number of rotatable bonds is 5. The highest BCUT2D eigenvalue weighted by molar-refractivity contribution is 7.91. The molecule has 0 atom stereocenters. The fourth-order valence-corrected chi connectivity index (χ4v) is 6.93. The number of amides is 2. The summed E-state index contributed by atoms with van der Waals surface area (Å²) in [5.74, 6) is -0.205. The van der Waals surface area contributed by atoms with E-state index in [9.17, 15) is 23.1 Å². The van der Waals surface area contributed by atoms with Crippen molar-refractivity contribution in [3.8, 4) is 0 Å². The number of likely N-dealkylation sites (tertiary alicyclic amines) is 1. The molecule has 5 rings (SSSR count). The number of hydrogen-bond acceptors (Lipinski definition) is 7. The van der Waals surface area contributed by atoms with Crippen molar-refractivity contribution >= 4 is 33.2 Å². The number of fused-ring (bicyclic) bond motifs is 2. The van der Waals surface area contributed by atoms with Gasteiger partial charge in [0.05, 0.1) is 33.4 Å². The molecule has 3 aliphatic rings. The zero-order chi connectivity index (χ0) is 24.1. The summed E-state index contributed by atoms with van der Waals surface area (Å²) in [7, 11) is -3.31. The fraction of sp³-hybridized carbons (Fsp3) is 0.522. The summed E-state index contributed by atoms with van der Waals surface area (Å²) >= 11 is 1.43. The van der Waals surface area contributed by atoms with Gasteiger partial charge < -0.3 is 20.1 Å². The molecule has 2 aromatic heterocycles. The van der Waals surface area contributed by atoms with E-state index in [-0.39, 0.29) is 28.7 Å². The molecule has 0 unspecified atom stereocenters. The smallest absolute Gasteiger partial charge is 0.407 e. The Morgan fingerprint density at radius 3 is 2.56 bits per heavy atom. The zero-order valence-corrected chi connectivity index (χ0v) is 20.5. The molecule has 2 N–H and O–H groups in total. The van der Waals surface area contributed by atoms with Crippen LogP contribution in [0.25, 0.3) is 0 Å². The number of sulfone groups is 1. The first-order valence-electron chi connectivity index (χ1n) is 11.4. The lowest BCUT2D eigenvalue weighted by molar-refractivity contribution is -0.147. The monoisotopic (exact) mass is 505 g/mol. The Balaban J connectivity index is 1.31. The number of piperidine rings is 1. The van der Waals surface area contributed by atoms with Crippen molar-refractivity contribution < 1.29 is 27.9 Å². The molecule has 1 saturated heterocycles. The second-order valence-corrected chi connectivity index (χ2v) is 12.6. The number of nitrogens with zero attached hydrogens (tertiary/aromatic N) is 2. The largest absolute Gasteiger partial charge is 0.465 e. The van der Waals surface area contributed by atoms with Crippen molar-refractivity contribution in [2.24, 2.45) is 0 Å². The van der Waals surface area contributed by atoms with Crippen LogP contribution in [0.3, 0.4) is 0 Å². The van der Waals surface area contributed by atoms with Crippen LogP contribution in [0.2, 0.25) is 0 Å². The molecule has 2 spiro atoms. The molecule has 2 aliphatic heterocycles. The highest BCUT2D eigenvalue weighted by atomic mass is 32.2. The Labute approximate surface area is 202 Å². The number of ether oxygens (including phenoxy) is 1. The maximum absolute atomic E-state index is 12.9. The van der Waals surface area contributed by atoms with E-state index in [0.717, 1.165) is 29.7 Å². The molecule has 1 aliphatic carbocycles. The molecule has 1 saturated carbocycles. The van der Waals surface area contributed by atoms with Crippen LogP contribution in [0.4, 0.5) is 4.79 Å². The van der Waals surface area contributed by atoms with Gasteiger partial charge in [-0.1, -0.05) is 6.92 Å². The predicted molar refractivity (Wildman–Crippen MR) is 125 cm³/mol. The first kappa shape index (κ1) is 23.3. The van der Waals surface area contributed by atoms with Crippen LogP contribution in [-0.4, -0.2) is 59.9 Å². The summed E-state index contributed by atoms with van der Waals surface area (Å²) in [6.45, 7) is 2.60. The molecule has 4 heterocycles. The molecule has 2 amide bonds. The van der Waals surface area contributed by atoms with Crippen molar-refractivity contribution in [3.63, 3.8) is 0 Å². The van der Waals surface area contributed by atoms with Gasteiger partial charge in [-0.05, 0) is 49.4 Å². The molecule has 0 bridgehead atoms. The summed E-state index contributed by atoms with van der Waals surface area (Å²) in [5, 5.41) is 12.2. The Morgan fingerprint density at radius 2 is 1.97 bits per heavy atom. The minimum atomic E-state index is -3.31. The topological polar surface area (TPSA) is 126 Å². The number of pyridine rings is 1. The van der Waals surface area contributed by atoms with Crippen molar-refractivity contribution in [1.29, 1.82) is 0 Å². The van der Waals surface area contributed by atoms with Gasteiger partial charge in [0.15, 0.2) is 9.84 Å². The van der Waals surface area contributed by atoms with E-state index in [0.29, 0.717) is 36.5 Å². The standard InChI is InChI=1S/C23H27N3O6S2/c1-2-34(30,31)17-4-3-16(24-14-17)13-25-20(27)18-11-15-12-22(5-6-22)32-23(19(15)33-18)7-9-26(10-8-23)21(28)29/h3-4,11,14H,2,5-10,12-13H2,1H3,(H,25,27)(H,28,29). The van der Waals surface area contributed by atoms with Crippen LogP contribution in [0.5, 0.6) is 0 Å². The van der Waals surface area contributed by atoms with E-state index in [1.165, 1.54) is 28.5 Å². The van der Waals surface area contributed by atoms with E-state index in [2.05, 4.69) is 10.3 Å². The van der Waals surface area contributed by atoms with Gasteiger partial charge >= 0.3 is 6.09 Å². The van der Waals surface area contributed by atoms with Crippen LogP contribution < -0.4 is 5.32 Å². The third-order valence-corrected chi connectivity index (χ3v) is 10.1. The van der Waals surface area contributed by atoms with Gasteiger partial charge in [0, 0.05) is 30.6 Å². The molecule has 2 fully saturated rings. The van der Waals surface area contributed by atoms with Crippen molar-refractivity contribution in [2.45, 2.75) is 61.7 Å². The second-order valence-electron chi connectivity index (χ2n) is 9.26. The van der Waals surface area contributed by atoms with Gasteiger partial charge in [-0.3, -0.25) is 9.78 Å². The predicted octanol–water partition coefficient (Wildman–Crippen LogP) is 2.94. The fourth-order valence-electron chi connectivity index (χ4n) is 4.83. The van der Waals surface area contributed by atoms with E-state index in [4.69, 9.17) is 4.74 Å². The molecule has 0 aromatic carbocycles. The van der Waals surface area contributed by atoms with Crippen LogP contribution in [0.15, 0.2) is 29.3 Å². The number of aromatic nitrogens is 1. The normalized spacial score (nSPS) is 20.2. The van der Waals surface area contributed by atoms with Gasteiger partial charge in [-0.2, -0.15) is 0 Å². The number of carboxylic acid groups (broad SMARTS) is 1. The number of carbonyl (C=O) groups excluding carboxylic acids is 1. The van der Waals surface area contributed by atoms with Gasteiger partial charge in [0.25, 0.3) is 5.91 Å². The van der Waals surface area contributed by atoms with E-state index in [1.54, 1.807) is 13.0 Å². The van der Waals surface area contributed by atoms with Crippen molar-refractivity contribution in [1.82, 2.24) is 15.2 Å². The highest BCUT2D eigenvalue weighted by Gasteiger charge is 2.56. The van der Waals surface area contributed by atoms with E-state index in [1.807, 2.05) is 6.07 Å². The second kappa shape index (κ2) is 8.31. The third kappa shape index (κ3) is 4.20. The molecule has 9 nitrogen and oxygen atoms in total. The Kier molecular flexibility index (Phi) is 5.69. The van der Waals surface area contributed by atoms with Gasteiger partial charge in [-0.25, -0.2) is 13.2 Å². The molecule has 182 valence electrons. The molecular formula is C23H27N3O6S2. The number of carbonyl (C=O) groups is 2. The van der Waals surface area contributed by atoms with Crippen molar-refractivity contribution in [2.75, 3.05) is 18.8 Å². The van der Waals surface area contributed by atoms with Crippen LogP contribution in [-0.2, 0) is 33.1 Å². The summed E-state index contributed by atoms with van der Waals surface area (Å²) in [4.78, 5) is 31.7. The minimum absolute atomic E-state index is 0.00857. The lowest BCUT2D eigenvalue weighted by Gasteiger charge is -2.46. The van der Waals surface area contributed by atoms with E-state index >= 15 is 0 Å². The Bertz CT molecular complexity index is 1230. The van der Waals surface area contributed by atoms with Gasteiger partial charge in [-0.15, -0.1) is 11.3 Å². The zero-order valence-electron chi connectivity index (χ0n) is 18.9. The summed E-state index contributed by atoms with van der Waals surface area (Å²) < 4.78 is 30.5. The molecule has 2 aromatic rings. The number of thiophene rings is 1. The SMILES string of the molecule is CCS(=O)(=O)c1ccc(CNC(=O)c2cc3c(s2)C2(CCN(C(=O)O)CC2)OC2(CC2)C3)nc1. The van der Waals surface area contributed by atoms with Gasteiger partial charge in [0.1, 0.15) is 5.60 Å². The molecule has 0 radical (unpaired) electrons. The maximum atomic E-state index is 12.9. The molecule has 11 heteroatoms. The highest BCUT2D eigenvalue weighted by Crippen LogP contribution is 2.57. The number of hydrogen-bond donors (Lipinski definition) is 2. The Hall–Kier alpha value is -2.50. The summed E-state index contributed by atoms with van der Waals surface area (Å²) in [6, 6.07) is 5.07. The summed E-state index contributed by atoms with van der Waals surface area (Å²) in [6.07, 6.45) is 4.36. The minimum Gasteiger partial charge on any atom is -0.465 e. The first-order chi connectivity index (χ1) is 16.2. The lowest BCUT2D eigenvalue weighted by Crippen LogP contribution is -2.50. The molecular weight excluding hydrogens is 478 g/mol.